The molecule has 0 spiro atoms. The SMILES string of the molecule is Cc1cc(N2C(=O)C(=O)/C(=C(/O)c3ccc(F)cc3)[C@H]2c2ccc(F)cc2)no1. The van der Waals surface area contributed by atoms with Crippen LogP contribution >= 0.6 is 0 Å². The molecular weight excluding hydrogens is 382 g/mol. The fourth-order valence-corrected chi connectivity index (χ4v) is 3.26. The summed E-state index contributed by atoms with van der Waals surface area (Å²) >= 11 is 0. The molecule has 6 nitrogen and oxygen atoms in total. The van der Waals surface area contributed by atoms with Gasteiger partial charge in [0.2, 0.25) is 0 Å². The molecule has 0 unspecified atom stereocenters. The Labute approximate surface area is 163 Å². The minimum atomic E-state index is -1.06. The molecule has 2 heterocycles. The summed E-state index contributed by atoms with van der Waals surface area (Å²) < 4.78 is 31.7. The van der Waals surface area contributed by atoms with Crippen LogP contribution in [0.15, 0.2) is 64.7 Å². The Hall–Kier alpha value is -3.81. The van der Waals surface area contributed by atoms with Crippen molar-refractivity contribution in [3.05, 3.63) is 88.7 Å². The second-order valence-corrected chi connectivity index (χ2v) is 6.52. The van der Waals surface area contributed by atoms with Gasteiger partial charge in [-0.25, -0.2) is 8.78 Å². The van der Waals surface area contributed by atoms with E-state index >= 15 is 0 Å². The molecular formula is C21H14F2N2O4. The van der Waals surface area contributed by atoms with Crippen molar-refractivity contribution in [2.75, 3.05) is 4.90 Å². The van der Waals surface area contributed by atoms with E-state index in [2.05, 4.69) is 5.16 Å². The Morgan fingerprint density at radius 2 is 1.62 bits per heavy atom. The quantitative estimate of drug-likeness (QED) is 0.413. The number of benzene rings is 2. The van der Waals surface area contributed by atoms with Crippen molar-refractivity contribution in [1.29, 1.82) is 0 Å². The number of amides is 1. The maximum atomic E-state index is 13.4. The van der Waals surface area contributed by atoms with E-state index < -0.39 is 35.1 Å². The first-order chi connectivity index (χ1) is 13.9. The molecule has 0 saturated carbocycles. The Morgan fingerprint density at radius 1 is 1.03 bits per heavy atom. The second-order valence-electron chi connectivity index (χ2n) is 6.52. The number of aliphatic hydroxyl groups excluding tert-OH is 1. The van der Waals surface area contributed by atoms with Crippen molar-refractivity contribution in [3.8, 4) is 0 Å². The molecule has 29 heavy (non-hydrogen) atoms. The average molecular weight is 396 g/mol. The molecule has 1 aromatic heterocycles. The van der Waals surface area contributed by atoms with E-state index in [1.807, 2.05) is 0 Å². The van der Waals surface area contributed by atoms with E-state index in [-0.39, 0.29) is 17.0 Å². The number of anilines is 1. The zero-order chi connectivity index (χ0) is 20.7. The number of carbonyl (C=O) groups excluding carboxylic acids is 2. The molecule has 1 atom stereocenters. The molecule has 1 fully saturated rings. The van der Waals surface area contributed by atoms with Gasteiger partial charge in [-0.05, 0) is 48.9 Å². The lowest BCUT2D eigenvalue weighted by Crippen LogP contribution is -2.29. The smallest absolute Gasteiger partial charge is 0.301 e. The Bertz CT molecular complexity index is 1130. The van der Waals surface area contributed by atoms with Crippen molar-refractivity contribution < 1.29 is 28.0 Å². The molecule has 0 bridgehead atoms. The van der Waals surface area contributed by atoms with Crippen LogP contribution in [0.1, 0.15) is 22.9 Å². The maximum absolute atomic E-state index is 13.4. The van der Waals surface area contributed by atoms with Gasteiger partial charge in [-0.1, -0.05) is 17.3 Å². The molecule has 146 valence electrons. The number of aryl methyl sites for hydroxylation is 1. The van der Waals surface area contributed by atoms with Gasteiger partial charge in [0, 0.05) is 11.6 Å². The van der Waals surface area contributed by atoms with Crippen LogP contribution in [0.5, 0.6) is 0 Å². The standard InChI is InChI=1S/C21H14F2N2O4/c1-11-10-16(24-29-11)25-18(12-2-6-14(22)7-3-12)17(20(27)21(25)28)19(26)13-4-8-15(23)9-5-13/h2-10,18,26H,1H3/b19-17+/t18-/m1/s1. The van der Waals surface area contributed by atoms with E-state index in [1.54, 1.807) is 6.92 Å². The fourth-order valence-electron chi connectivity index (χ4n) is 3.26. The third-order valence-electron chi connectivity index (χ3n) is 4.61. The van der Waals surface area contributed by atoms with Crippen molar-refractivity contribution in [2.45, 2.75) is 13.0 Å². The normalized spacial score (nSPS) is 18.4. The lowest BCUT2D eigenvalue weighted by molar-refractivity contribution is -0.132. The summed E-state index contributed by atoms with van der Waals surface area (Å²) in [6.07, 6.45) is 0. The molecule has 0 aliphatic carbocycles. The van der Waals surface area contributed by atoms with E-state index in [9.17, 15) is 23.5 Å². The highest BCUT2D eigenvalue weighted by molar-refractivity contribution is 6.51. The first kappa shape index (κ1) is 18.5. The lowest BCUT2D eigenvalue weighted by Gasteiger charge is -2.22. The number of nitrogens with zero attached hydrogens (tertiary/aromatic N) is 2. The van der Waals surface area contributed by atoms with E-state index in [1.165, 1.54) is 42.5 Å². The number of ketones is 1. The summed E-state index contributed by atoms with van der Waals surface area (Å²) in [5, 5.41) is 14.6. The first-order valence-electron chi connectivity index (χ1n) is 8.62. The molecule has 3 aromatic rings. The second kappa shape index (κ2) is 6.97. The summed E-state index contributed by atoms with van der Waals surface area (Å²) in [6, 6.07) is 10.4. The summed E-state index contributed by atoms with van der Waals surface area (Å²) in [5.74, 6) is -2.86. The predicted molar refractivity (Wildman–Crippen MR) is 98.8 cm³/mol. The number of aliphatic hydroxyl groups is 1. The molecule has 1 aliphatic heterocycles. The van der Waals surface area contributed by atoms with Crippen LogP contribution < -0.4 is 4.90 Å². The number of hydrogen-bond donors (Lipinski definition) is 1. The van der Waals surface area contributed by atoms with Crippen LogP contribution in [0, 0.1) is 18.6 Å². The highest BCUT2D eigenvalue weighted by atomic mass is 19.1. The molecule has 1 N–H and O–H groups in total. The number of Topliss-reactive ketones (excluding diaryl/α,β-unsaturated/α-hetero) is 1. The summed E-state index contributed by atoms with van der Waals surface area (Å²) in [6.45, 7) is 1.62. The molecule has 4 rings (SSSR count). The number of hydrogen-bond acceptors (Lipinski definition) is 5. The van der Waals surface area contributed by atoms with Crippen LogP contribution in [-0.4, -0.2) is 22.0 Å². The van der Waals surface area contributed by atoms with Gasteiger partial charge in [0.25, 0.3) is 5.78 Å². The molecule has 2 aromatic carbocycles. The maximum Gasteiger partial charge on any atom is 0.301 e. The van der Waals surface area contributed by atoms with Gasteiger partial charge in [0.05, 0.1) is 11.6 Å². The highest BCUT2D eigenvalue weighted by Crippen LogP contribution is 2.41. The minimum Gasteiger partial charge on any atom is -0.507 e. The topological polar surface area (TPSA) is 83.6 Å². The molecule has 1 saturated heterocycles. The fraction of sp³-hybridized carbons (Fsp3) is 0.0952. The van der Waals surface area contributed by atoms with Crippen LogP contribution in [0.4, 0.5) is 14.6 Å². The van der Waals surface area contributed by atoms with Crippen LogP contribution in [-0.2, 0) is 9.59 Å². The van der Waals surface area contributed by atoms with Crippen LogP contribution in [0.25, 0.3) is 5.76 Å². The minimum absolute atomic E-state index is 0.0806. The van der Waals surface area contributed by atoms with Crippen molar-refractivity contribution in [3.63, 3.8) is 0 Å². The van der Waals surface area contributed by atoms with Crippen molar-refractivity contribution in [2.24, 2.45) is 0 Å². The number of carbonyl (C=O) groups is 2. The van der Waals surface area contributed by atoms with E-state index in [0.717, 1.165) is 17.0 Å². The van der Waals surface area contributed by atoms with E-state index in [0.29, 0.717) is 11.3 Å². The van der Waals surface area contributed by atoms with Gasteiger partial charge in [0.1, 0.15) is 23.2 Å². The molecule has 8 heteroatoms. The van der Waals surface area contributed by atoms with Crippen LogP contribution in [0.3, 0.4) is 0 Å². The molecule has 1 amide bonds. The van der Waals surface area contributed by atoms with Crippen molar-refractivity contribution >= 4 is 23.3 Å². The van der Waals surface area contributed by atoms with Gasteiger partial charge in [-0.2, -0.15) is 0 Å². The Balaban J connectivity index is 1.93. The highest BCUT2D eigenvalue weighted by Gasteiger charge is 2.48. The Morgan fingerprint density at radius 3 is 2.17 bits per heavy atom. The monoisotopic (exact) mass is 396 g/mol. The van der Waals surface area contributed by atoms with Gasteiger partial charge >= 0.3 is 5.91 Å². The number of aromatic nitrogens is 1. The number of halogens is 2. The zero-order valence-electron chi connectivity index (χ0n) is 15.1. The van der Waals surface area contributed by atoms with Gasteiger partial charge < -0.3 is 9.63 Å². The van der Waals surface area contributed by atoms with Gasteiger partial charge in [-0.3, -0.25) is 14.5 Å². The largest absolute Gasteiger partial charge is 0.507 e. The average Bonchev–Trinajstić information content (AvgIpc) is 3.24. The summed E-state index contributed by atoms with van der Waals surface area (Å²) in [7, 11) is 0. The van der Waals surface area contributed by atoms with Crippen LogP contribution in [0.2, 0.25) is 0 Å². The Kier molecular flexibility index (Phi) is 4.46. The molecule has 0 radical (unpaired) electrons. The van der Waals surface area contributed by atoms with Gasteiger partial charge in [0.15, 0.2) is 5.82 Å². The summed E-state index contributed by atoms with van der Waals surface area (Å²) in [4.78, 5) is 26.7. The predicted octanol–water partition coefficient (Wildman–Crippen LogP) is 3.89. The zero-order valence-corrected chi connectivity index (χ0v) is 15.1. The van der Waals surface area contributed by atoms with Crippen molar-refractivity contribution in [1.82, 2.24) is 5.16 Å². The third-order valence-corrected chi connectivity index (χ3v) is 4.61. The number of rotatable bonds is 3. The summed E-state index contributed by atoms with van der Waals surface area (Å²) in [5.41, 5.74) is 0.330. The van der Waals surface area contributed by atoms with Gasteiger partial charge in [-0.15, -0.1) is 0 Å². The van der Waals surface area contributed by atoms with E-state index in [4.69, 9.17) is 4.52 Å². The third kappa shape index (κ3) is 3.18. The first-order valence-corrected chi connectivity index (χ1v) is 8.62. The lowest BCUT2D eigenvalue weighted by atomic mass is 9.95. The molecule has 1 aliphatic rings.